The summed E-state index contributed by atoms with van der Waals surface area (Å²) in [6.45, 7) is 6.36. The lowest BCUT2D eigenvalue weighted by atomic mass is 9.85. The van der Waals surface area contributed by atoms with E-state index in [-0.39, 0.29) is 17.4 Å². The van der Waals surface area contributed by atoms with Gasteiger partial charge in [0.15, 0.2) is 0 Å². The lowest BCUT2D eigenvalue weighted by molar-refractivity contribution is 0.0900. The molecule has 0 aliphatic carbocycles. The normalized spacial score (nSPS) is 13.2. The van der Waals surface area contributed by atoms with Gasteiger partial charge in [-0.25, -0.2) is 0 Å². The van der Waals surface area contributed by atoms with Gasteiger partial charge in [0.1, 0.15) is 0 Å². The first-order valence-corrected chi connectivity index (χ1v) is 8.37. The van der Waals surface area contributed by atoms with Gasteiger partial charge < -0.3 is 5.32 Å². The highest BCUT2D eigenvalue weighted by atomic mass is 79.9. The Hall–Kier alpha value is -0.0600. The monoisotopic (exact) mass is 409 g/mol. The van der Waals surface area contributed by atoms with E-state index in [0.29, 0.717) is 10.6 Å². The van der Waals surface area contributed by atoms with Crippen LogP contribution in [-0.2, 0) is 0 Å². The van der Waals surface area contributed by atoms with Crippen LogP contribution in [0.15, 0.2) is 22.7 Å². The zero-order valence-corrected chi connectivity index (χ0v) is 15.2. The van der Waals surface area contributed by atoms with Gasteiger partial charge in [0, 0.05) is 20.9 Å². The molecule has 0 aliphatic rings. The number of carbonyl (C=O) groups excluding carboxylic acids is 1. The van der Waals surface area contributed by atoms with Gasteiger partial charge >= 0.3 is 0 Å². The van der Waals surface area contributed by atoms with Crippen LogP contribution in [0.4, 0.5) is 0 Å². The van der Waals surface area contributed by atoms with Crippen LogP contribution in [0.5, 0.6) is 0 Å². The highest BCUT2D eigenvalue weighted by molar-refractivity contribution is 9.10. The molecule has 0 spiro atoms. The van der Waals surface area contributed by atoms with Crippen LogP contribution in [0.25, 0.3) is 0 Å². The number of hydrogen-bond acceptors (Lipinski definition) is 1. The summed E-state index contributed by atoms with van der Waals surface area (Å²) in [5, 5.41) is 4.49. The number of carbonyl (C=O) groups is 1. The third kappa shape index (κ3) is 5.09. The maximum absolute atomic E-state index is 12.3. The number of nitrogens with one attached hydrogen (secondary N) is 1. The second-order valence-corrected chi connectivity index (χ2v) is 7.58. The highest BCUT2D eigenvalue weighted by Crippen LogP contribution is 2.25. The van der Waals surface area contributed by atoms with E-state index in [1.165, 1.54) is 0 Å². The van der Waals surface area contributed by atoms with Gasteiger partial charge in [-0.15, -0.1) is 0 Å². The van der Waals surface area contributed by atoms with Crippen molar-refractivity contribution >= 4 is 49.4 Å². The summed E-state index contributed by atoms with van der Waals surface area (Å²) in [7, 11) is 0. The fourth-order valence-corrected chi connectivity index (χ4v) is 2.79. The predicted octanol–water partition coefficient (Wildman–Crippen LogP) is 5.03. The van der Waals surface area contributed by atoms with Crippen LogP contribution >= 0.6 is 43.5 Å². The molecule has 0 aliphatic heterocycles. The van der Waals surface area contributed by atoms with E-state index in [1.807, 2.05) is 0 Å². The number of benzene rings is 1. The van der Waals surface area contributed by atoms with Gasteiger partial charge in [0.2, 0.25) is 0 Å². The Kier molecular flexibility index (Phi) is 6.34. The molecular weight excluding hydrogens is 393 g/mol. The third-order valence-electron chi connectivity index (χ3n) is 2.92. The van der Waals surface area contributed by atoms with Crippen molar-refractivity contribution in [3.63, 3.8) is 0 Å². The summed E-state index contributed by atoms with van der Waals surface area (Å²) in [6, 6.07) is 5.32. The smallest absolute Gasteiger partial charge is 0.252 e. The largest absolute Gasteiger partial charge is 0.349 e. The summed E-state index contributed by atoms with van der Waals surface area (Å²) in [5.41, 5.74) is 0.574. The molecule has 0 heterocycles. The first-order valence-electron chi connectivity index (χ1n) is 6.07. The zero-order chi connectivity index (χ0) is 14.6. The molecule has 1 atom stereocenters. The van der Waals surface area contributed by atoms with Crippen molar-refractivity contribution in [2.24, 2.45) is 5.41 Å². The van der Waals surface area contributed by atoms with Crippen LogP contribution in [0.3, 0.4) is 0 Å². The fourth-order valence-electron chi connectivity index (χ4n) is 1.74. The van der Waals surface area contributed by atoms with E-state index in [1.54, 1.807) is 18.2 Å². The molecule has 0 radical (unpaired) electrons. The van der Waals surface area contributed by atoms with Crippen molar-refractivity contribution in [2.45, 2.75) is 33.2 Å². The Morgan fingerprint density at radius 1 is 1.42 bits per heavy atom. The number of halogens is 3. The lowest BCUT2D eigenvalue weighted by Gasteiger charge is -2.31. The van der Waals surface area contributed by atoms with Crippen molar-refractivity contribution < 1.29 is 4.79 Å². The quantitative estimate of drug-likeness (QED) is 0.692. The van der Waals surface area contributed by atoms with Crippen molar-refractivity contribution in [3.05, 3.63) is 33.3 Å². The molecule has 19 heavy (non-hydrogen) atoms. The second-order valence-electron chi connectivity index (χ2n) is 5.49. The van der Waals surface area contributed by atoms with Crippen LogP contribution in [0, 0.1) is 5.41 Å². The van der Waals surface area contributed by atoms with E-state index in [0.717, 1.165) is 16.2 Å². The van der Waals surface area contributed by atoms with Crippen molar-refractivity contribution in [2.75, 3.05) is 5.33 Å². The number of amides is 1. The van der Waals surface area contributed by atoms with Crippen LogP contribution < -0.4 is 5.32 Å². The summed E-state index contributed by atoms with van der Waals surface area (Å²) in [5.74, 6) is -0.102. The maximum atomic E-state index is 12.3. The molecule has 2 nitrogen and oxygen atoms in total. The molecule has 0 aromatic heterocycles. The highest BCUT2D eigenvalue weighted by Gasteiger charge is 2.26. The van der Waals surface area contributed by atoms with Gasteiger partial charge in [-0.2, -0.15) is 0 Å². The minimum atomic E-state index is -0.102. The van der Waals surface area contributed by atoms with Gasteiger partial charge in [-0.3, -0.25) is 4.79 Å². The lowest BCUT2D eigenvalue weighted by Crippen LogP contribution is -2.44. The van der Waals surface area contributed by atoms with E-state index in [9.17, 15) is 4.79 Å². The Bertz CT molecular complexity index is 457. The molecule has 1 aromatic rings. The third-order valence-corrected chi connectivity index (χ3v) is 4.31. The van der Waals surface area contributed by atoms with Crippen LogP contribution in [-0.4, -0.2) is 17.3 Å². The van der Waals surface area contributed by atoms with Gasteiger partial charge in [0.25, 0.3) is 5.91 Å². The molecule has 1 unspecified atom stereocenters. The Morgan fingerprint density at radius 3 is 2.58 bits per heavy atom. The first-order chi connectivity index (χ1) is 8.75. The molecule has 0 fully saturated rings. The fraction of sp³-hybridized carbons (Fsp3) is 0.500. The Morgan fingerprint density at radius 2 is 2.05 bits per heavy atom. The Labute approximate surface area is 136 Å². The molecular formula is C14H18Br2ClNO. The topological polar surface area (TPSA) is 29.1 Å². The SMILES string of the molecule is CC(C)(C)C(CCBr)NC(=O)c1cc(Cl)ccc1Br. The van der Waals surface area contributed by atoms with E-state index >= 15 is 0 Å². The predicted molar refractivity (Wildman–Crippen MR) is 88.3 cm³/mol. The molecule has 1 aromatic carbocycles. The van der Waals surface area contributed by atoms with Gasteiger partial charge in [-0.1, -0.05) is 48.3 Å². The molecule has 106 valence electrons. The summed E-state index contributed by atoms with van der Waals surface area (Å²) >= 11 is 12.8. The summed E-state index contributed by atoms with van der Waals surface area (Å²) in [4.78, 5) is 12.3. The number of hydrogen-bond donors (Lipinski definition) is 1. The minimum Gasteiger partial charge on any atom is -0.349 e. The van der Waals surface area contributed by atoms with Gasteiger partial charge in [0.05, 0.1) is 5.56 Å². The van der Waals surface area contributed by atoms with E-state index in [4.69, 9.17) is 11.6 Å². The average molecular weight is 412 g/mol. The van der Waals surface area contributed by atoms with Crippen molar-refractivity contribution in [3.8, 4) is 0 Å². The standard InChI is InChI=1S/C14H18Br2ClNO/c1-14(2,3)12(6-7-15)18-13(19)10-8-9(17)4-5-11(10)16/h4-5,8,12H,6-7H2,1-3H3,(H,18,19). The molecule has 1 rings (SSSR count). The van der Waals surface area contributed by atoms with Crippen LogP contribution in [0.1, 0.15) is 37.6 Å². The van der Waals surface area contributed by atoms with Crippen molar-refractivity contribution in [1.82, 2.24) is 5.32 Å². The summed E-state index contributed by atoms with van der Waals surface area (Å²) < 4.78 is 0.751. The number of rotatable bonds is 4. The first kappa shape index (κ1) is 17.0. The van der Waals surface area contributed by atoms with Crippen LogP contribution in [0.2, 0.25) is 5.02 Å². The maximum Gasteiger partial charge on any atom is 0.252 e. The molecule has 0 bridgehead atoms. The summed E-state index contributed by atoms with van der Waals surface area (Å²) in [6.07, 6.45) is 0.882. The average Bonchev–Trinajstić information content (AvgIpc) is 2.30. The minimum absolute atomic E-state index is 0.00841. The zero-order valence-electron chi connectivity index (χ0n) is 11.3. The molecule has 0 saturated carbocycles. The molecule has 5 heteroatoms. The molecule has 0 saturated heterocycles. The van der Waals surface area contributed by atoms with E-state index in [2.05, 4.69) is 57.9 Å². The Balaban J connectivity index is 2.91. The van der Waals surface area contributed by atoms with E-state index < -0.39 is 0 Å². The second kappa shape index (κ2) is 7.09. The van der Waals surface area contributed by atoms with Crippen molar-refractivity contribution in [1.29, 1.82) is 0 Å². The van der Waals surface area contributed by atoms with Gasteiger partial charge in [-0.05, 0) is 46.0 Å². The molecule has 1 N–H and O–H groups in total. The number of alkyl halides is 1. The molecule has 1 amide bonds.